The van der Waals surface area contributed by atoms with E-state index in [2.05, 4.69) is 21.2 Å². The van der Waals surface area contributed by atoms with Crippen LogP contribution in [0.3, 0.4) is 0 Å². The van der Waals surface area contributed by atoms with E-state index < -0.39 is 5.82 Å². The summed E-state index contributed by atoms with van der Waals surface area (Å²) in [4.78, 5) is 0. The van der Waals surface area contributed by atoms with Gasteiger partial charge in [0.2, 0.25) is 0 Å². The van der Waals surface area contributed by atoms with E-state index in [1.807, 2.05) is 31.2 Å². The molecule has 0 fully saturated rings. The fourth-order valence-corrected chi connectivity index (χ4v) is 2.86. The third-order valence-electron chi connectivity index (χ3n) is 3.19. The van der Waals surface area contributed by atoms with Crippen molar-refractivity contribution in [2.75, 3.05) is 13.7 Å². The zero-order chi connectivity index (χ0) is 15.4. The average Bonchev–Trinajstić information content (AvgIpc) is 2.48. The molecule has 0 aliphatic rings. The van der Waals surface area contributed by atoms with Crippen LogP contribution in [0, 0.1) is 5.82 Å². The second-order valence-electron chi connectivity index (χ2n) is 4.56. The highest BCUT2D eigenvalue weighted by Crippen LogP contribution is 2.31. The molecule has 0 radical (unpaired) electrons. The van der Waals surface area contributed by atoms with E-state index in [0.29, 0.717) is 0 Å². The normalized spacial score (nSPS) is 12.2. The third-order valence-corrected chi connectivity index (χ3v) is 4.12. The van der Waals surface area contributed by atoms with Crippen molar-refractivity contribution < 1.29 is 9.13 Å². The van der Waals surface area contributed by atoms with Crippen LogP contribution in [0.5, 0.6) is 5.75 Å². The van der Waals surface area contributed by atoms with E-state index in [1.54, 1.807) is 13.2 Å². The SMILES string of the molecule is CCNC(c1ccc(Cl)c(F)c1)c1ccc(OC)c(Br)c1. The van der Waals surface area contributed by atoms with E-state index in [1.165, 1.54) is 6.07 Å². The predicted octanol–water partition coefficient (Wildman–Crippen LogP) is 4.95. The van der Waals surface area contributed by atoms with Crippen LogP contribution in [0.15, 0.2) is 40.9 Å². The van der Waals surface area contributed by atoms with Gasteiger partial charge in [0.05, 0.1) is 22.6 Å². The van der Waals surface area contributed by atoms with E-state index in [-0.39, 0.29) is 11.1 Å². The van der Waals surface area contributed by atoms with Gasteiger partial charge in [0.25, 0.3) is 0 Å². The molecule has 0 aliphatic carbocycles. The van der Waals surface area contributed by atoms with Crippen LogP contribution < -0.4 is 10.1 Å². The number of hydrogen-bond donors (Lipinski definition) is 1. The lowest BCUT2D eigenvalue weighted by molar-refractivity contribution is 0.411. The molecule has 21 heavy (non-hydrogen) atoms. The predicted molar refractivity (Wildman–Crippen MR) is 87.6 cm³/mol. The summed E-state index contributed by atoms with van der Waals surface area (Å²) in [6.07, 6.45) is 0. The Morgan fingerprint density at radius 1 is 1.24 bits per heavy atom. The summed E-state index contributed by atoms with van der Waals surface area (Å²) in [5.74, 6) is 0.348. The zero-order valence-electron chi connectivity index (χ0n) is 11.8. The Morgan fingerprint density at radius 3 is 2.48 bits per heavy atom. The lowest BCUT2D eigenvalue weighted by atomic mass is 9.98. The van der Waals surface area contributed by atoms with Gasteiger partial charge in [-0.3, -0.25) is 0 Å². The summed E-state index contributed by atoms with van der Waals surface area (Å²) in [6, 6.07) is 10.6. The van der Waals surface area contributed by atoms with Gasteiger partial charge in [0, 0.05) is 0 Å². The molecule has 0 aliphatic heterocycles. The molecule has 0 heterocycles. The van der Waals surface area contributed by atoms with Gasteiger partial charge in [-0.05, 0) is 57.9 Å². The maximum absolute atomic E-state index is 13.7. The smallest absolute Gasteiger partial charge is 0.142 e. The van der Waals surface area contributed by atoms with Gasteiger partial charge in [0.1, 0.15) is 11.6 Å². The first-order valence-electron chi connectivity index (χ1n) is 6.58. The van der Waals surface area contributed by atoms with Crippen LogP contribution in [0.1, 0.15) is 24.1 Å². The summed E-state index contributed by atoms with van der Waals surface area (Å²) in [7, 11) is 1.62. The summed E-state index contributed by atoms with van der Waals surface area (Å²) >= 11 is 9.23. The number of halogens is 3. The Bertz CT molecular complexity index is 636. The molecule has 1 atom stereocenters. The van der Waals surface area contributed by atoms with Crippen molar-refractivity contribution in [2.45, 2.75) is 13.0 Å². The fourth-order valence-electron chi connectivity index (χ4n) is 2.19. The van der Waals surface area contributed by atoms with Gasteiger partial charge in [-0.15, -0.1) is 0 Å². The molecule has 1 unspecified atom stereocenters. The molecule has 0 bridgehead atoms. The molecule has 2 aromatic carbocycles. The second-order valence-corrected chi connectivity index (χ2v) is 5.82. The number of benzene rings is 2. The molecule has 1 N–H and O–H groups in total. The Kier molecular flexibility index (Phi) is 5.62. The van der Waals surface area contributed by atoms with Crippen LogP contribution in [-0.2, 0) is 0 Å². The van der Waals surface area contributed by atoms with Crippen molar-refractivity contribution in [2.24, 2.45) is 0 Å². The van der Waals surface area contributed by atoms with Crippen molar-refractivity contribution in [1.82, 2.24) is 5.32 Å². The van der Waals surface area contributed by atoms with E-state index in [0.717, 1.165) is 27.9 Å². The summed E-state index contributed by atoms with van der Waals surface area (Å²) < 4.78 is 19.8. The van der Waals surface area contributed by atoms with Crippen molar-refractivity contribution >= 4 is 27.5 Å². The minimum atomic E-state index is -0.412. The fraction of sp³-hybridized carbons (Fsp3) is 0.250. The van der Waals surface area contributed by atoms with Crippen LogP contribution in [-0.4, -0.2) is 13.7 Å². The van der Waals surface area contributed by atoms with Crippen molar-refractivity contribution in [3.8, 4) is 5.75 Å². The molecule has 2 rings (SSSR count). The molecule has 0 spiro atoms. The van der Waals surface area contributed by atoms with Crippen molar-refractivity contribution in [1.29, 1.82) is 0 Å². The van der Waals surface area contributed by atoms with Crippen molar-refractivity contribution in [3.05, 3.63) is 62.8 Å². The lowest BCUT2D eigenvalue weighted by Crippen LogP contribution is -2.22. The zero-order valence-corrected chi connectivity index (χ0v) is 14.1. The number of methoxy groups -OCH3 is 1. The van der Waals surface area contributed by atoms with Crippen LogP contribution in [0.2, 0.25) is 5.02 Å². The third kappa shape index (κ3) is 3.76. The van der Waals surface area contributed by atoms with E-state index >= 15 is 0 Å². The Balaban J connectivity index is 2.42. The molecule has 5 heteroatoms. The first-order valence-corrected chi connectivity index (χ1v) is 7.75. The van der Waals surface area contributed by atoms with Gasteiger partial charge in [-0.25, -0.2) is 4.39 Å². The van der Waals surface area contributed by atoms with Gasteiger partial charge in [-0.1, -0.05) is 30.7 Å². The number of ether oxygens (including phenoxy) is 1. The number of rotatable bonds is 5. The highest BCUT2D eigenvalue weighted by atomic mass is 79.9. The van der Waals surface area contributed by atoms with E-state index in [9.17, 15) is 4.39 Å². The summed E-state index contributed by atoms with van der Waals surface area (Å²) in [5, 5.41) is 3.48. The summed E-state index contributed by atoms with van der Waals surface area (Å²) in [5.41, 5.74) is 1.85. The minimum absolute atomic E-state index is 0.107. The monoisotopic (exact) mass is 371 g/mol. The van der Waals surface area contributed by atoms with Crippen molar-refractivity contribution in [3.63, 3.8) is 0 Å². The topological polar surface area (TPSA) is 21.3 Å². The van der Waals surface area contributed by atoms with Crippen LogP contribution in [0.25, 0.3) is 0 Å². The number of nitrogens with one attached hydrogen (secondary N) is 1. The molecule has 112 valence electrons. The first-order chi connectivity index (χ1) is 10.1. The summed E-state index contributed by atoms with van der Waals surface area (Å²) in [6.45, 7) is 2.77. The largest absolute Gasteiger partial charge is 0.496 e. The Labute approximate surface area is 137 Å². The van der Waals surface area contributed by atoms with Gasteiger partial charge < -0.3 is 10.1 Å². The van der Waals surface area contributed by atoms with Gasteiger partial charge >= 0.3 is 0 Å². The molecular formula is C16H16BrClFNO. The highest BCUT2D eigenvalue weighted by molar-refractivity contribution is 9.10. The minimum Gasteiger partial charge on any atom is -0.496 e. The molecule has 0 saturated heterocycles. The first kappa shape index (κ1) is 16.3. The van der Waals surface area contributed by atoms with Crippen LogP contribution in [0.4, 0.5) is 4.39 Å². The molecule has 0 amide bonds. The lowest BCUT2D eigenvalue weighted by Gasteiger charge is -2.20. The molecule has 2 aromatic rings. The quantitative estimate of drug-likeness (QED) is 0.802. The Morgan fingerprint density at radius 2 is 1.90 bits per heavy atom. The van der Waals surface area contributed by atoms with Gasteiger partial charge in [-0.2, -0.15) is 0 Å². The second kappa shape index (κ2) is 7.25. The standard InChI is InChI=1S/C16H16BrClFNO/c1-3-20-16(11-4-6-13(18)14(19)9-11)10-5-7-15(21-2)12(17)8-10/h4-9,16,20H,3H2,1-2H3. The average molecular weight is 373 g/mol. The van der Waals surface area contributed by atoms with Crippen LogP contribution >= 0.6 is 27.5 Å². The molecule has 0 aromatic heterocycles. The Hall–Kier alpha value is -1.10. The molecule has 0 saturated carbocycles. The van der Waals surface area contributed by atoms with Gasteiger partial charge in [0.15, 0.2) is 0 Å². The maximum Gasteiger partial charge on any atom is 0.142 e. The molecular weight excluding hydrogens is 357 g/mol. The maximum atomic E-state index is 13.7. The van der Waals surface area contributed by atoms with E-state index in [4.69, 9.17) is 16.3 Å². The highest BCUT2D eigenvalue weighted by Gasteiger charge is 2.16. The number of hydrogen-bond acceptors (Lipinski definition) is 2. The molecule has 2 nitrogen and oxygen atoms in total.